The van der Waals surface area contributed by atoms with E-state index in [0.717, 1.165) is 21.5 Å². The first-order valence-corrected chi connectivity index (χ1v) is 9.15. The molecular formula is C24H20N2O2. The summed E-state index contributed by atoms with van der Waals surface area (Å²) >= 11 is 0. The smallest absolute Gasteiger partial charge is 0.124 e. The molecule has 0 amide bonds. The van der Waals surface area contributed by atoms with E-state index in [1.807, 2.05) is 60.7 Å². The summed E-state index contributed by atoms with van der Waals surface area (Å²) in [6.45, 7) is 0.982. The highest BCUT2D eigenvalue weighted by Gasteiger charge is 2.05. The van der Waals surface area contributed by atoms with Gasteiger partial charge in [-0.3, -0.25) is 9.98 Å². The van der Waals surface area contributed by atoms with Crippen LogP contribution in [0.3, 0.4) is 0 Å². The van der Waals surface area contributed by atoms with Crippen LogP contribution >= 0.6 is 0 Å². The molecule has 4 rings (SSSR count). The van der Waals surface area contributed by atoms with Gasteiger partial charge in [-0.2, -0.15) is 0 Å². The van der Waals surface area contributed by atoms with E-state index < -0.39 is 0 Å². The molecule has 28 heavy (non-hydrogen) atoms. The number of phenols is 2. The molecule has 0 heterocycles. The van der Waals surface area contributed by atoms with Gasteiger partial charge < -0.3 is 10.2 Å². The van der Waals surface area contributed by atoms with Gasteiger partial charge >= 0.3 is 0 Å². The summed E-state index contributed by atoms with van der Waals surface area (Å²) in [7, 11) is 0. The Morgan fingerprint density at radius 2 is 1.00 bits per heavy atom. The summed E-state index contributed by atoms with van der Waals surface area (Å²) in [4.78, 5) is 8.81. The molecule has 4 aromatic carbocycles. The predicted molar refractivity (Wildman–Crippen MR) is 116 cm³/mol. The molecule has 4 aromatic rings. The number of aliphatic imine (C=N–C) groups is 2. The van der Waals surface area contributed by atoms with Gasteiger partial charge in [-0.15, -0.1) is 0 Å². The highest BCUT2D eigenvalue weighted by Crippen LogP contribution is 2.26. The van der Waals surface area contributed by atoms with Crippen LogP contribution in [-0.2, 0) is 0 Å². The summed E-state index contributed by atoms with van der Waals surface area (Å²) in [6, 6.07) is 22.9. The van der Waals surface area contributed by atoms with E-state index in [1.165, 1.54) is 0 Å². The van der Waals surface area contributed by atoms with Gasteiger partial charge in [-0.1, -0.05) is 60.7 Å². The van der Waals surface area contributed by atoms with Gasteiger partial charge in [0.05, 0.1) is 13.1 Å². The fourth-order valence-electron chi connectivity index (χ4n) is 3.27. The number of nitrogens with zero attached hydrogens (tertiary/aromatic N) is 2. The molecule has 138 valence electrons. The Hall–Kier alpha value is -3.66. The third-order valence-corrected chi connectivity index (χ3v) is 4.69. The molecule has 0 spiro atoms. The van der Waals surface area contributed by atoms with Gasteiger partial charge in [0.15, 0.2) is 0 Å². The van der Waals surface area contributed by atoms with Crippen molar-refractivity contribution in [1.29, 1.82) is 0 Å². The monoisotopic (exact) mass is 368 g/mol. The van der Waals surface area contributed by atoms with Gasteiger partial charge in [0.25, 0.3) is 0 Å². The maximum atomic E-state index is 10.1. The van der Waals surface area contributed by atoms with Crippen LogP contribution in [-0.4, -0.2) is 35.7 Å². The molecule has 0 aromatic heterocycles. The van der Waals surface area contributed by atoms with Gasteiger partial charge in [0, 0.05) is 23.6 Å². The normalized spacial score (nSPS) is 11.9. The Bertz CT molecular complexity index is 1100. The van der Waals surface area contributed by atoms with Crippen molar-refractivity contribution >= 4 is 34.0 Å². The van der Waals surface area contributed by atoms with Gasteiger partial charge in [-0.25, -0.2) is 0 Å². The second-order valence-electron chi connectivity index (χ2n) is 6.51. The van der Waals surface area contributed by atoms with Crippen LogP contribution in [0.1, 0.15) is 11.1 Å². The molecule has 0 aliphatic carbocycles. The van der Waals surface area contributed by atoms with Crippen molar-refractivity contribution in [3.05, 3.63) is 83.9 Å². The predicted octanol–water partition coefficient (Wildman–Crippen LogP) is 4.94. The maximum Gasteiger partial charge on any atom is 0.124 e. The molecule has 0 fully saturated rings. The Morgan fingerprint density at radius 1 is 0.571 bits per heavy atom. The second-order valence-corrected chi connectivity index (χ2v) is 6.51. The zero-order chi connectivity index (χ0) is 19.3. The van der Waals surface area contributed by atoms with Gasteiger partial charge in [0.2, 0.25) is 0 Å². The lowest BCUT2D eigenvalue weighted by Gasteiger charge is -2.05. The third kappa shape index (κ3) is 3.58. The Kier molecular flexibility index (Phi) is 5.02. The van der Waals surface area contributed by atoms with E-state index in [1.54, 1.807) is 24.6 Å². The molecule has 0 saturated carbocycles. The largest absolute Gasteiger partial charge is 0.507 e. The van der Waals surface area contributed by atoms with Crippen LogP contribution < -0.4 is 0 Å². The molecule has 0 aliphatic heterocycles. The standard InChI is InChI=1S/C24H20N2O2/c27-23-11-9-17-5-1-3-7-19(17)21(23)15-25-13-14-26-16-22-20-8-4-2-6-18(20)10-12-24(22)28/h1-12,15-16,27-28H,13-14H2. The molecule has 0 aliphatic rings. The number of hydrogen-bond acceptors (Lipinski definition) is 4. The number of benzene rings is 4. The van der Waals surface area contributed by atoms with Crippen molar-refractivity contribution in [1.82, 2.24) is 0 Å². The van der Waals surface area contributed by atoms with Crippen LogP contribution in [0.2, 0.25) is 0 Å². The van der Waals surface area contributed by atoms with E-state index in [9.17, 15) is 10.2 Å². The molecular weight excluding hydrogens is 348 g/mol. The summed E-state index contributed by atoms with van der Waals surface area (Å²) in [5.74, 6) is 0.429. The fourth-order valence-corrected chi connectivity index (χ4v) is 3.27. The minimum Gasteiger partial charge on any atom is -0.507 e. The van der Waals surface area contributed by atoms with Gasteiger partial charge in [-0.05, 0) is 33.7 Å². The molecule has 0 bridgehead atoms. The molecule has 4 heteroatoms. The van der Waals surface area contributed by atoms with E-state index in [-0.39, 0.29) is 11.5 Å². The average Bonchev–Trinajstić information content (AvgIpc) is 2.73. The maximum absolute atomic E-state index is 10.1. The lowest BCUT2D eigenvalue weighted by molar-refractivity contribution is 0.475. The van der Waals surface area contributed by atoms with E-state index in [2.05, 4.69) is 9.98 Å². The molecule has 0 radical (unpaired) electrons. The first-order chi connectivity index (χ1) is 13.7. The number of phenolic OH excluding ortho intramolecular Hbond substituents is 2. The summed E-state index contributed by atoms with van der Waals surface area (Å²) < 4.78 is 0. The van der Waals surface area contributed by atoms with Crippen molar-refractivity contribution in [2.24, 2.45) is 9.98 Å². The van der Waals surface area contributed by atoms with E-state index in [0.29, 0.717) is 24.2 Å². The number of aromatic hydroxyl groups is 2. The highest BCUT2D eigenvalue weighted by atomic mass is 16.3. The van der Waals surface area contributed by atoms with Crippen molar-refractivity contribution in [3.63, 3.8) is 0 Å². The SMILES string of the molecule is Oc1ccc2ccccc2c1C=NCCN=Cc1c(O)ccc2ccccc12. The number of fused-ring (bicyclic) bond motifs is 2. The molecule has 4 nitrogen and oxygen atoms in total. The highest BCUT2D eigenvalue weighted by molar-refractivity contribution is 6.03. The first-order valence-electron chi connectivity index (χ1n) is 9.15. The van der Waals surface area contributed by atoms with Crippen molar-refractivity contribution in [2.45, 2.75) is 0 Å². The average molecular weight is 368 g/mol. The topological polar surface area (TPSA) is 65.2 Å². The fraction of sp³-hybridized carbons (Fsp3) is 0.0833. The second kappa shape index (κ2) is 7.92. The number of rotatable bonds is 5. The zero-order valence-corrected chi connectivity index (χ0v) is 15.3. The number of hydrogen-bond donors (Lipinski definition) is 2. The molecule has 2 N–H and O–H groups in total. The van der Waals surface area contributed by atoms with E-state index >= 15 is 0 Å². The lowest BCUT2D eigenvalue weighted by Crippen LogP contribution is -1.93. The molecule has 0 saturated heterocycles. The van der Waals surface area contributed by atoms with E-state index in [4.69, 9.17) is 0 Å². The van der Waals surface area contributed by atoms with Crippen LogP contribution in [0.4, 0.5) is 0 Å². The van der Waals surface area contributed by atoms with Crippen LogP contribution in [0.25, 0.3) is 21.5 Å². The summed E-state index contributed by atoms with van der Waals surface area (Å²) in [6.07, 6.45) is 3.39. The van der Waals surface area contributed by atoms with Crippen molar-refractivity contribution in [2.75, 3.05) is 13.1 Å². The first kappa shape index (κ1) is 17.7. The Morgan fingerprint density at radius 3 is 1.46 bits per heavy atom. The minimum atomic E-state index is 0.214. The van der Waals surface area contributed by atoms with Crippen molar-refractivity contribution < 1.29 is 10.2 Å². The third-order valence-electron chi connectivity index (χ3n) is 4.69. The minimum absolute atomic E-state index is 0.214. The molecule has 0 unspecified atom stereocenters. The van der Waals surface area contributed by atoms with Crippen LogP contribution in [0.15, 0.2) is 82.8 Å². The lowest BCUT2D eigenvalue weighted by atomic mass is 10.0. The van der Waals surface area contributed by atoms with Crippen LogP contribution in [0.5, 0.6) is 11.5 Å². The quantitative estimate of drug-likeness (QED) is 0.387. The Labute approximate surface area is 163 Å². The summed E-state index contributed by atoms with van der Waals surface area (Å²) in [5, 5.41) is 24.3. The van der Waals surface area contributed by atoms with Gasteiger partial charge in [0.1, 0.15) is 11.5 Å². The van der Waals surface area contributed by atoms with Crippen molar-refractivity contribution in [3.8, 4) is 11.5 Å². The Balaban J connectivity index is 1.47. The summed E-state index contributed by atoms with van der Waals surface area (Å²) in [5.41, 5.74) is 1.43. The molecule has 0 atom stereocenters. The zero-order valence-electron chi connectivity index (χ0n) is 15.3. The van der Waals surface area contributed by atoms with Crippen LogP contribution in [0, 0.1) is 0 Å².